The first kappa shape index (κ1) is 12.7. The molecule has 0 spiro atoms. The van der Waals surface area contributed by atoms with Crippen molar-refractivity contribution in [3.63, 3.8) is 0 Å². The minimum absolute atomic E-state index is 0.378. The molecule has 0 saturated heterocycles. The normalized spacial score (nSPS) is 12.7. The quantitative estimate of drug-likeness (QED) is 0.616. The maximum absolute atomic E-state index is 5.55. The molecular formula is C12H19BrN2. The molecule has 0 aliphatic rings. The van der Waals surface area contributed by atoms with Crippen LogP contribution in [0.4, 0.5) is 0 Å². The number of rotatable bonds is 6. The van der Waals surface area contributed by atoms with Crippen molar-refractivity contribution < 1.29 is 0 Å². The van der Waals surface area contributed by atoms with E-state index in [4.69, 9.17) is 5.84 Å². The second-order valence-electron chi connectivity index (χ2n) is 3.80. The van der Waals surface area contributed by atoms with E-state index >= 15 is 0 Å². The van der Waals surface area contributed by atoms with E-state index in [1.54, 1.807) is 0 Å². The molecule has 0 aromatic heterocycles. The van der Waals surface area contributed by atoms with Gasteiger partial charge in [-0.15, -0.1) is 0 Å². The van der Waals surface area contributed by atoms with Gasteiger partial charge in [0.15, 0.2) is 0 Å². The molecule has 0 heterocycles. The molecule has 84 valence electrons. The number of benzene rings is 1. The molecule has 0 bridgehead atoms. The lowest BCUT2D eigenvalue weighted by Gasteiger charge is -2.16. The maximum Gasteiger partial charge on any atom is 0.0251 e. The van der Waals surface area contributed by atoms with Crippen molar-refractivity contribution in [1.29, 1.82) is 0 Å². The molecule has 1 aromatic rings. The number of hydrogen-bond donors (Lipinski definition) is 2. The fraction of sp³-hybridized carbons (Fsp3) is 0.500. The SMILES string of the molecule is CCCCC(Cc1ccccc1Br)NN. The van der Waals surface area contributed by atoms with E-state index in [1.807, 2.05) is 6.07 Å². The summed E-state index contributed by atoms with van der Waals surface area (Å²) in [5.41, 5.74) is 4.21. The van der Waals surface area contributed by atoms with Crippen LogP contribution in [0.1, 0.15) is 31.7 Å². The third-order valence-electron chi connectivity index (χ3n) is 2.57. The molecule has 1 aromatic carbocycles. The Balaban J connectivity index is 2.54. The second kappa shape index (κ2) is 6.99. The van der Waals surface area contributed by atoms with Crippen molar-refractivity contribution in [2.75, 3.05) is 0 Å². The van der Waals surface area contributed by atoms with Gasteiger partial charge in [0.2, 0.25) is 0 Å². The molecule has 0 aliphatic heterocycles. The summed E-state index contributed by atoms with van der Waals surface area (Å²) in [5, 5.41) is 0. The van der Waals surface area contributed by atoms with Gasteiger partial charge in [0, 0.05) is 10.5 Å². The van der Waals surface area contributed by atoms with Crippen molar-refractivity contribution in [2.24, 2.45) is 5.84 Å². The fourth-order valence-corrected chi connectivity index (χ4v) is 2.07. The third kappa shape index (κ3) is 4.33. The first-order valence-electron chi connectivity index (χ1n) is 5.47. The molecule has 1 rings (SSSR count). The highest BCUT2D eigenvalue weighted by atomic mass is 79.9. The number of unbranched alkanes of at least 4 members (excludes halogenated alkanes) is 1. The lowest BCUT2D eigenvalue weighted by atomic mass is 10.0. The Kier molecular flexibility index (Phi) is 5.91. The first-order valence-corrected chi connectivity index (χ1v) is 6.26. The van der Waals surface area contributed by atoms with E-state index in [1.165, 1.54) is 22.9 Å². The summed E-state index contributed by atoms with van der Waals surface area (Å²) in [5.74, 6) is 5.55. The summed E-state index contributed by atoms with van der Waals surface area (Å²) in [6.07, 6.45) is 4.56. The van der Waals surface area contributed by atoms with E-state index < -0.39 is 0 Å². The van der Waals surface area contributed by atoms with Crippen LogP contribution < -0.4 is 11.3 Å². The van der Waals surface area contributed by atoms with Crippen LogP contribution in [0.25, 0.3) is 0 Å². The molecule has 15 heavy (non-hydrogen) atoms. The predicted molar refractivity (Wildman–Crippen MR) is 68.5 cm³/mol. The molecule has 3 heteroatoms. The highest BCUT2D eigenvalue weighted by Crippen LogP contribution is 2.18. The van der Waals surface area contributed by atoms with Gasteiger partial charge in [-0.05, 0) is 24.5 Å². The Hall–Kier alpha value is -0.380. The molecule has 2 nitrogen and oxygen atoms in total. The molecule has 1 atom stereocenters. The van der Waals surface area contributed by atoms with Gasteiger partial charge in [0.1, 0.15) is 0 Å². The van der Waals surface area contributed by atoms with E-state index in [-0.39, 0.29) is 0 Å². The summed E-state index contributed by atoms with van der Waals surface area (Å²) in [7, 11) is 0. The number of hydrogen-bond acceptors (Lipinski definition) is 2. The van der Waals surface area contributed by atoms with Crippen molar-refractivity contribution in [1.82, 2.24) is 5.43 Å². The summed E-state index contributed by atoms with van der Waals surface area (Å²) >= 11 is 3.55. The molecule has 3 N–H and O–H groups in total. The zero-order valence-electron chi connectivity index (χ0n) is 9.17. The number of nitrogens with two attached hydrogens (primary N) is 1. The summed E-state index contributed by atoms with van der Waals surface area (Å²) < 4.78 is 1.17. The van der Waals surface area contributed by atoms with Crippen LogP contribution in [-0.4, -0.2) is 6.04 Å². The predicted octanol–water partition coefficient (Wildman–Crippen LogP) is 3.01. The molecule has 0 amide bonds. The molecular weight excluding hydrogens is 252 g/mol. The van der Waals surface area contributed by atoms with Crippen LogP contribution in [-0.2, 0) is 6.42 Å². The summed E-state index contributed by atoms with van der Waals surface area (Å²) in [6, 6.07) is 8.69. The zero-order chi connectivity index (χ0) is 11.1. The third-order valence-corrected chi connectivity index (χ3v) is 3.34. The lowest BCUT2D eigenvalue weighted by Crippen LogP contribution is -2.36. The molecule has 0 radical (unpaired) electrons. The van der Waals surface area contributed by atoms with E-state index in [0.717, 1.165) is 12.8 Å². The molecule has 0 aliphatic carbocycles. The molecule has 1 unspecified atom stereocenters. The van der Waals surface area contributed by atoms with Crippen molar-refractivity contribution in [3.8, 4) is 0 Å². The van der Waals surface area contributed by atoms with Crippen LogP contribution >= 0.6 is 15.9 Å². The van der Waals surface area contributed by atoms with Crippen LogP contribution in [0.3, 0.4) is 0 Å². The minimum Gasteiger partial charge on any atom is -0.271 e. The van der Waals surface area contributed by atoms with Gasteiger partial charge in [0.25, 0.3) is 0 Å². The number of hydrazine groups is 1. The van der Waals surface area contributed by atoms with Crippen LogP contribution in [0.2, 0.25) is 0 Å². The maximum atomic E-state index is 5.55. The Morgan fingerprint density at radius 1 is 1.40 bits per heavy atom. The van der Waals surface area contributed by atoms with Crippen LogP contribution in [0, 0.1) is 0 Å². The van der Waals surface area contributed by atoms with E-state index in [0.29, 0.717) is 6.04 Å². The van der Waals surface area contributed by atoms with Crippen LogP contribution in [0.5, 0.6) is 0 Å². The fourth-order valence-electron chi connectivity index (χ4n) is 1.62. The van der Waals surface area contributed by atoms with Crippen molar-refractivity contribution in [3.05, 3.63) is 34.3 Å². The Bertz CT molecular complexity index is 289. The van der Waals surface area contributed by atoms with Crippen molar-refractivity contribution in [2.45, 2.75) is 38.6 Å². The Morgan fingerprint density at radius 3 is 2.73 bits per heavy atom. The van der Waals surface area contributed by atoms with Gasteiger partial charge in [-0.3, -0.25) is 11.3 Å². The zero-order valence-corrected chi connectivity index (χ0v) is 10.8. The van der Waals surface area contributed by atoms with E-state index in [9.17, 15) is 0 Å². The summed E-state index contributed by atoms with van der Waals surface area (Å²) in [6.45, 7) is 2.20. The topological polar surface area (TPSA) is 38.0 Å². The van der Waals surface area contributed by atoms with Gasteiger partial charge in [-0.25, -0.2) is 0 Å². The Morgan fingerprint density at radius 2 is 2.13 bits per heavy atom. The highest BCUT2D eigenvalue weighted by Gasteiger charge is 2.08. The first-order chi connectivity index (χ1) is 7.27. The minimum atomic E-state index is 0.378. The average molecular weight is 271 g/mol. The highest BCUT2D eigenvalue weighted by molar-refractivity contribution is 9.10. The molecule has 0 saturated carbocycles. The summed E-state index contributed by atoms with van der Waals surface area (Å²) in [4.78, 5) is 0. The van der Waals surface area contributed by atoms with Gasteiger partial charge in [0.05, 0.1) is 0 Å². The van der Waals surface area contributed by atoms with Gasteiger partial charge in [-0.1, -0.05) is 53.9 Å². The van der Waals surface area contributed by atoms with E-state index in [2.05, 4.69) is 46.5 Å². The monoisotopic (exact) mass is 270 g/mol. The molecule has 0 fully saturated rings. The Labute approximate surface area is 100 Å². The van der Waals surface area contributed by atoms with Crippen LogP contribution in [0.15, 0.2) is 28.7 Å². The van der Waals surface area contributed by atoms with Gasteiger partial charge >= 0.3 is 0 Å². The largest absolute Gasteiger partial charge is 0.271 e. The lowest BCUT2D eigenvalue weighted by molar-refractivity contribution is 0.473. The smallest absolute Gasteiger partial charge is 0.0251 e. The van der Waals surface area contributed by atoms with Gasteiger partial charge in [-0.2, -0.15) is 0 Å². The average Bonchev–Trinajstić information content (AvgIpc) is 2.26. The standard InChI is InChI=1S/C12H19BrN2/c1-2-3-7-11(15-14)9-10-6-4-5-8-12(10)13/h4-6,8,11,15H,2-3,7,9,14H2,1H3. The number of halogens is 1. The van der Waals surface area contributed by atoms with Gasteiger partial charge < -0.3 is 0 Å². The second-order valence-corrected chi connectivity index (χ2v) is 4.66. The van der Waals surface area contributed by atoms with Crippen molar-refractivity contribution >= 4 is 15.9 Å². The number of nitrogens with one attached hydrogen (secondary N) is 1.